The zero-order valence-electron chi connectivity index (χ0n) is 16.0. The van der Waals surface area contributed by atoms with Gasteiger partial charge < -0.3 is 14.3 Å². The Morgan fingerprint density at radius 2 is 1.83 bits per heavy atom. The topological polar surface area (TPSA) is 62.5 Å². The van der Waals surface area contributed by atoms with Gasteiger partial charge in [0.05, 0.1) is 10.2 Å². The summed E-state index contributed by atoms with van der Waals surface area (Å²) in [5.74, 6) is 0.521. The van der Waals surface area contributed by atoms with E-state index < -0.39 is 0 Å². The zero-order valence-corrected chi connectivity index (χ0v) is 16.9. The number of nitrogens with zero attached hydrogens (tertiary/aromatic N) is 4. The third-order valence-corrected chi connectivity index (χ3v) is 6.32. The van der Waals surface area contributed by atoms with Crippen LogP contribution in [-0.2, 0) is 0 Å². The molecule has 2 aromatic heterocycles. The van der Waals surface area contributed by atoms with Crippen LogP contribution in [0.25, 0.3) is 21.5 Å². The number of para-hydroxylation sites is 1. The van der Waals surface area contributed by atoms with Crippen molar-refractivity contribution in [2.75, 3.05) is 31.1 Å². The minimum atomic E-state index is -0.0873. The van der Waals surface area contributed by atoms with Crippen LogP contribution in [0.2, 0.25) is 0 Å². The van der Waals surface area contributed by atoms with Gasteiger partial charge in [-0.2, -0.15) is 0 Å². The second-order valence-electron chi connectivity index (χ2n) is 7.14. The molecule has 1 saturated heterocycles. The van der Waals surface area contributed by atoms with Gasteiger partial charge in [-0.15, -0.1) is 0 Å². The fourth-order valence-corrected chi connectivity index (χ4v) is 4.68. The molecule has 1 aliphatic heterocycles. The molecule has 1 fully saturated rings. The van der Waals surface area contributed by atoms with Crippen LogP contribution in [0.15, 0.2) is 59.1 Å². The number of anilines is 1. The maximum absolute atomic E-state index is 12.8. The van der Waals surface area contributed by atoms with Gasteiger partial charge in [0.15, 0.2) is 16.6 Å². The van der Waals surface area contributed by atoms with Crippen molar-refractivity contribution in [2.24, 2.45) is 0 Å². The number of thiazole rings is 1. The fraction of sp³-hybridized carbons (Fsp3) is 0.227. The number of piperazine rings is 1. The maximum Gasteiger partial charge on any atom is 0.276 e. The van der Waals surface area contributed by atoms with Crippen molar-refractivity contribution < 1.29 is 9.32 Å². The Kier molecular flexibility index (Phi) is 4.52. The number of fused-ring (bicyclic) bond motifs is 1. The van der Waals surface area contributed by atoms with E-state index in [2.05, 4.69) is 35.2 Å². The molecule has 0 atom stereocenters. The first kappa shape index (κ1) is 17.9. The molecule has 2 aromatic carbocycles. The molecule has 1 amide bonds. The number of amides is 1. The molecule has 6 nitrogen and oxygen atoms in total. The van der Waals surface area contributed by atoms with E-state index in [0.29, 0.717) is 24.5 Å². The first-order valence-electron chi connectivity index (χ1n) is 9.61. The quantitative estimate of drug-likeness (QED) is 0.512. The lowest BCUT2D eigenvalue weighted by Crippen LogP contribution is -2.48. The van der Waals surface area contributed by atoms with E-state index in [4.69, 9.17) is 9.51 Å². The molecule has 5 rings (SSSR count). The normalized spacial score (nSPS) is 14.5. The summed E-state index contributed by atoms with van der Waals surface area (Å²) in [4.78, 5) is 21.8. The number of rotatable bonds is 3. The Morgan fingerprint density at radius 1 is 1.03 bits per heavy atom. The third-order valence-electron chi connectivity index (χ3n) is 5.23. The fourth-order valence-electron chi connectivity index (χ4n) is 3.59. The first-order chi connectivity index (χ1) is 14.2. The number of benzene rings is 2. The summed E-state index contributed by atoms with van der Waals surface area (Å²) in [6, 6.07) is 17.7. The molecule has 1 aliphatic rings. The van der Waals surface area contributed by atoms with Gasteiger partial charge in [0.25, 0.3) is 5.91 Å². The third kappa shape index (κ3) is 3.38. The van der Waals surface area contributed by atoms with Crippen LogP contribution in [0.4, 0.5) is 5.13 Å². The average molecular weight is 404 g/mol. The number of hydrogen-bond acceptors (Lipinski definition) is 6. The van der Waals surface area contributed by atoms with Crippen molar-refractivity contribution in [2.45, 2.75) is 6.92 Å². The van der Waals surface area contributed by atoms with Crippen molar-refractivity contribution in [3.8, 4) is 11.3 Å². The molecule has 0 bridgehead atoms. The van der Waals surface area contributed by atoms with E-state index in [9.17, 15) is 4.79 Å². The lowest BCUT2D eigenvalue weighted by molar-refractivity contribution is 0.0736. The van der Waals surface area contributed by atoms with Crippen LogP contribution in [0.1, 0.15) is 16.1 Å². The van der Waals surface area contributed by atoms with Crippen molar-refractivity contribution in [3.63, 3.8) is 0 Å². The predicted molar refractivity (Wildman–Crippen MR) is 114 cm³/mol. The minimum Gasteiger partial charge on any atom is -0.355 e. The van der Waals surface area contributed by atoms with Gasteiger partial charge in [-0.05, 0) is 18.6 Å². The molecule has 0 radical (unpaired) electrons. The highest BCUT2D eigenvalue weighted by Gasteiger charge is 2.26. The van der Waals surface area contributed by atoms with Crippen LogP contribution in [0.5, 0.6) is 0 Å². The molecular formula is C22H20N4O2S. The second kappa shape index (κ2) is 7.33. The molecule has 0 N–H and O–H groups in total. The first-order valence-corrected chi connectivity index (χ1v) is 10.4. The lowest BCUT2D eigenvalue weighted by Gasteiger charge is -2.34. The van der Waals surface area contributed by atoms with E-state index in [1.807, 2.05) is 35.2 Å². The molecule has 0 spiro atoms. The summed E-state index contributed by atoms with van der Waals surface area (Å²) in [5, 5.41) is 5.02. The predicted octanol–water partition coefficient (Wildman–Crippen LogP) is 4.22. The Hall–Kier alpha value is -3.19. The van der Waals surface area contributed by atoms with Gasteiger partial charge in [-0.25, -0.2) is 4.98 Å². The van der Waals surface area contributed by atoms with Crippen LogP contribution in [0, 0.1) is 6.92 Å². The van der Waals surface area contributed by atoms with Crippen LogP contribution < -0.4 is 4.90 Å². The lowest BCUT2D eigenvalue weighted by atomic mass is 10.1. The van der Waals surface area contributed by atoms with Crippen LogP contribution in [-0.4, -0.2) is 47.1 Å². The van der Waals surface area contributed by atoms with E-state index >= 15 is 0 Å². The highest BCUT2D eigenvalue weighted by Crippen LogP contribution is 2.31. The van der Waals surface area contributed by atoms with Gasteiger partial charge >= 0.3 is 0 Å². The summed E-state index contributed by atoms with van der Waals surface area (Å²) >= 11 is 1.71. The van der Waals surface area contributed by atoms with E-state index in [-0.39, 0.29) is 5.91 Å². The van der Waals surface area contributed by atoms with Gasteiger partial charge in [-0.1, -0.05) is 59.0 Å². The SMILES string of the molecule is Cc1cccc2sc(N3CCN(C(=O)c4cc(-c5ccccc5)on4)CC3)nc12. The Balaban J connectivity index is 1.27. The number of carbonyl (C=O) groups excluding carboxylic acids is 1. The van der Waals surface area contributed by atoms with Crippen molar-refractivity contribution >= 4 is 32.6 Å². The monoisotopic (exact) mass is 404 g/mol. The standard InChI is InChI=1S/C22H20N4O2S/c1-15-6-5-9-19-20(15)23-22(29-19)26-12-10-25(11-13-26)21(27)17-14-18(28-24-17)16-7-3-2-4-8-16/h2-9,14H,10-13H2,1H3. The molecule has 146 valence electrons. The number of hydrogen-bond donors (Lipinski definition) is 0. The second-order valence-corrected chi connectivity index (χ2v) is 8.15. The van der Waals surface area contributed by atoms with E-state index in [1.165, 1.54) is 10.3 Å². The Bertz CT molecular complexity index is 1160. The summed E-state index contributed by atoms with van der Waals surface area (Å²) in [6.07, 6.45) is 0. The molecule has 0 aliphatic carbocycles. The van der Waals surface area contributed by atoms with E-state index in [0.717, 1.165) is 29.3 Å². The van der Waals surface area contributed by atoms with Crippen molar-refractivity contribution in [3.05, 3.63) is 65.9 Å². The smallest absolute Gasteiger partial charge is 0.276 e. The maximum atomic E-state index is 12.8. The van der Waals surface area contributed by atoms with Crippen molar-refractivity contribution in [1.82, 2.24) is 15.0 Å². The number of aryl methyl sites for hydroxylation is 1. The molecule has 4 aromatic rings. The highest BCUT2D eigenvalue weighted by atomic mass is 32.1. The molecule has 7 heteroatoms. The number of carbonyl (C=O) groups is 1. The molecule has 29 heavy (non-hydrogen) atoms. The van der Waals surface area contributed by atoms with Gasteiger partial charge in [0.1, 0.15) is 0 Å². The molecular weight excluding hydrogens is 384 g/mol. The summed E-state index contributed by atoms with van der Waals surface area (Å²) < 4.78 is 6.58. The molecule has 3 heterocycles. The average Bonchev–Trinajstić information content (AvgIpc) is 3.42. The summed E-state index contributed by atoms with van der Waals surface area (Å²) in [7, 11) is 0. The van der Waals surface area contributed by atoms with Crippen LogP contribution in [0.3, 0.4) is 0 Å². The number of aromatic nitrogens is 2. The summed E-state index contributed by atoms with van der Waals surface area (Å²) in [6.45, 7) is 4.88. The molecule has 0 unspecified atom stereocenters. The van der Waals surface area contributed by atoms with Crippen molar-refractivity contribution in [1.29, 1.82) is 0 Å². The van der Waals surface area contributed by atoms with Gasteiger partial charge in [0, 0.05) is 37.8 Å². The Morgan fingerprint density at radius 3 is 2.59 bits per heavy atom. The van der Waals surface area contributed by atoms with E-state index in [1.54, 1.807) is 17.4 Å². The summed E-state index contributed by atoms with van der Waals surface area (Å²) in [5.41, 5.74) is 3.53. The highest BCUT2D eigenvalue weighted by molar-refractivity contribution is 7.22. The van der Waals surface area contributed by atoms with Gasteiger partial charge in [-0.3, -0.25) is 4.79 Å². The largest absolute Gasteiger partial charge is 0.355 e. The molecule has 0 saturated carbocycles. The zero-order chi connectivity index (χ0) is 19.8. The Labute approximate surface area is 172 Å². The van der Waals surface area contributed by atoms with Crippen LogP contribution >= 0.6 is 11.3 Å². The van der Waals surface area contributed by atoms with Gasteiger partial charge in [0.2, 0.25) is 0 Å². The minimum absolute atomic E-state index is 0.0873.